The third kappa shape index (κ3) is 5.33. The number of nitrogens with two attached hydrogens (primary N) is 1. The monoisotopic (exact) mass is 319 g/mol. The second-order valence-corrected chi connectivity index (χ2v) is 6.50. The Morgan fingerprint density at radius 1 is 1.17 bits per heavy atom. The van der Waals surface area contributed by atoms with Crippen LogP contribution in [0.2, 0.25) is 0 Å². The first-order chi connectivity index (χ1) is 10.9. The first-order valence-electron chi connectivity index (χ1n) is 8.76. The zero-order valence-electron chi connectivity index (χ0n) is 15.4. The first-order valence-corrected chi connectivity index (χ1v) is 8.76. The lowest BCUT2D eigenvalue weighted by molar-refractivity contribution is 0.0895. The van der Waals surface area contributed by atoms with Gasteiger partial charge in [0, 0.05) is 24.7 Å². The molecule has 130 valence electrons. The maximum Gasteiger partial charge on any atom is 0.251 e. The second kappa shape index (κ2) is 9.04. The van der Waals surface area contributed by atoms with E-state index in [2.05, 4.69) is 44.8 Å². The Morgan fingerprint density at radius 3 is 2.13 bits per heavy atom. The molecule has 0 radical (unpaired) electrons. The van der Waals surface area contributed by atoms with Gasteiger partial charge in [0.25, 0.3) is 5.91 Å². The van der Waals surface area contributed by atoms with Gasteiger partial charge in [-0.15, -0.1) is 0 Å². The molecule has 1 amide bonds. The molecular weight excluding hydrogens is 286 g/mol. The summed E-state index contributed by atoms with van der Waals surface area (Å²) in [6, 6.07) is 8.42. The quantitative estimate of drug-likeness (QED) is 0.735. The fourth-order valence-electron chi connectivity index (χ4n) is 2.74. The average Bonchev–Trinajstić information content (AvgIpc) is 2.57. The summed E-state index contributed by atoms with van der Waals surface area (Å²) < 4.78 is 0. The van der Waals surface area contributed by atoms with E-state index in [9.17, 15) is 4.79 Å². The molecule has 0 aromatic heterocycles. The predicted molar refractivity (Wildman–Crippen MR) is 97.5 cm³/mol. The lowest BCUT2D eigenvalue weighted by Crippen LogP contribution is -2.52. The zero-order chi connectivity index (χ0) is 17.5. The topological polar surface area (TPSA) is 58.4 Å². The highest BCUT2D eigenvalue weighted by molar-refractivity contribution is 5.94. The summed E-state index contributed by atoms with van der Waals surface area (Å²) in [6.45, 7) is 13.1. The van der Waals surface area contributed by atoms with Crippen molar-refractivity contribution in [3.05, 3.63) is 35.4 Å². The Morgan fingerprint density at radius 2 is 1.74 bits per heavy atom. The molecule has 0 aliphatic heterocycles. The van der Waals surface area contributed by atoms with Crippen molar-refractivity contribution in [2.45, 2.75) is 65.6 Å². The van der Waals surface area contributed by atoms with Gasteiger partial charge in [0.2, 0.25) is 0 Å². The highest BCUT2D eigenvalue weighted by Gasteiger charge is 2.26. The third-order valence-corrected chi connectivity index (χ3v) is 4.86. The molecule has 3 N–H and O–H groups in total. The van der Waals surface area contributed by atoms with Crippen LogP contribution in [0, 0.1) is 0 Å². The summed E-state index contributed by atoms with van der Waals surface area (Å²) >= 11 is 0. The molecule has 4 nitrogen and oxygen atoms in total. The van der Waals surface area contributed by atoms with Crippen LogP contribution in [-0.4, -0.2) is 35.5 Å². The number of rotatable bonds is 9. The van der Waals surface area contributed by atoms with Crippen LogP contribution in [0.25, 0.3) is 0 Å². The fourth-order valence-corrected chi connectivity index (χ4v) is 2.74. The van der Waals surface area contributed by atoms with Gasteiger partial charge in [-0.1, -0.05) is 32.9 Å². The van der Waals surface area contributed by atoms with E-state index in [1.807, 2.05) is 24.3 Å². The summed E-state index contributed by atoms with van der Waals surface area (Å²) in [4.78, 5) is 14.8. The second-order valence-electron chi connectivity index (χ2n) is 6.50. The van der Waals surface area contributed by atoms with E-state index in [-0.39, 0.29) is 11.4 Å². The molecule has 1 rings (SSSR count). The van der Waals surface area contributed by atoms with Crippen molar-refractivity contribution in [2.24, 2.45) is 5.73 Å². The molecule has 23 heavy (non-hydrogen) atoms. The molecular formula is C19H33N3O. The molecule has 0 saturated heterocycles. The van der Waals surface area contributed by atoms with E-state index in [1.165, 1.54) is 5.56 Å². The smallest absolute Gasteiger partial charge is 0.251 e. The average molecular weight is 319 g/mol. The predicted octanol–water partition coefficient (Wildman–Crippen LogP) is 3.16. The molecule has 1 aromatic rings. The lowest BCUT2D eigenvalue weighted by atomic mass is 9.92. The van der Waals surface area contributed by atoms with Crippen LogP contribution in [0.15, 0.2) is 24.3 Å². The van der Waals surface area contributed by atoms with Crippen LogP contribution in [0.1, 0.15) is 63.4 Å². The van der Waals surface area contributed by atoms with Crippen LogP contribution in [0.3, 0.4) is 0 Å². The highest BCUT2D eigenvalue weighted by Crippen LogP contribution is 2.15. The Labute approximate surface area is 141 Å². The maximum absolute atomic E-state index is 12.5. The summed E-state index contributed by atoms with van der Waals surface area (Å²) in [5, 5.41) is 3.11. The van der Waals surface area contributed by atoms with Gasteiger partial charge in [0.05, 0.1) is 5.54 Å². The minimum atomic E-state index is -0.299. The number of nitrogens with zero attached hydrogens (tertiary/aromatic N) is 1. The van der Waals surface area contributed by atoms with E-state index >= 15 is 0 Å². The van der Waals surface area contributed by atoms with Crippen molar-refractivity contribution in [1.82, 2.24) is 10.2 Å². The van der Waals surface area contributed by atoms with Gasteiger partial charge in [0.1, 0.15) is 0 Å². The Bertz CT molecular complexity index is 470. The molecule has 0 heterocycles. The molecule has 4 heteroatoms. The number of nitrogens with one attached hydrogen (secondary N) is 1. The van der Waals surface area contributed by atoms with Crippen LogP contribution >= 0.6 is 0 Å². The van der Waals surface area contributed by atoms with Gasteiger partial charge < -0.3 is 11.1 Å². The highest BCUT2D eigenvalue weighted by atomic mass is 16.1. The minimum Gasteiger partial charge on any atom is -0.345 e. The number of benzene rings is 1. The summed E-state index contributed by atoms with van der Waals surface area (Å²) in [6.07, 6.45) is 1.67. The number of hydrogen-bond donors (Lipinski definition) is 2. The summed E-state index contributed by atoms with van der Waals surface area (Å²) in [7, 11) is 0. The van der Waals surface area contributed by atoms with Crippen molar-refractivity contribution < 1.29 is 4.79 Å². The van der Waals surface area contributed by atoms with E-state index in [4.69, 9.17) is 5.73 Å². The van der Waals surface area contributed by atoms with E-state index < -0.39 is 0 Å². The number of amides is 1. The van der Waals surface area contributed by atoms with Crippen LogP contribution in [0.5, 0.6) is 0 Å². The van der Waals surface area contributed by atoms with Gasteiger partial charge in [0.15, 0.2) is 0 Å². The van der Waals surface area contributed by atoms with Gasteiger partial charge in [-0.05, 0) is 50.9 Å². The number of carbonyl (C=O) groups excluding carboxylic acids is 1. The summed E-state index contributed by atoms with van der Waals surface area (Å²) in [5.41, 5.74) is 7.48. The zero-order valence-corrected chi connectivity index (χ0v) is 15.4. The molecule has 0 atom stereocenters. The van der Waals surface area contributed by atoms with Crippen molar-refractivity contribution in [3.63, 3.8) is 0 Å². The Balaban J connectivity index is 2.78. The van der Waals surface area contributed by atoms with Gasteiger partial charge in [-0.3, -0.25) is 9.69 Å². The molecule has 0 fully saturated rings. The molecule has 0 aliphatic rings. The summed E-state index contributed by atoms with van der Waals surface area (Å²) in [5.74, 6) is -0.0399. The van der Waals surface area contributed by atoms with Crippen molar-refractivity contribution in [2.75, 3.05) is 13.1 Å². The number of hydrogen-bond acceptors (Lipinski definition) is 3. The van der Waals surface area contributed by atoms with Gasteiger partial charge >= 0.3 is 0 Å². The largest absolute Gasteiger partial charge is 0.345 e. The molecule has 1 aromatic carbocycles. The van der Waals surface area contributed by atoms with Crippen molar-refractivity contribution in [1.29, 1.82) is 0 Å². The molecule has 0 saturated carbocycles. The lowest BCUT2D eigenvalue weighted by Gasteiger charge is -2.31. The SMILES string of the molecule is CCN(Cc1ccc(C(=O)NC(CC)(CC)CN)cc1)C(C)C. The van der Waals surface area contributed by atoms with Crippen LogP contribution < -0.4 is 11.1 Å². The first kappa shape index (κ1) is 19.7. The normalized spacial score (nSPS) is 12.0. The van der Waals surface area contributed by atoms with Crippen LogP contribution in [0.4, 0.5) is 0 Å². The molecule has 0 spiro atoms. The van der Waals surface area contributed by atoms with E-state index in [0.717, 1.165) is 25.9 Å². The minimum absolute atomic E-state index is 0.0399. The standard InChI is InChI=1S/C19H33N3O/c1-6-19(7-2,14-20)21-18(23)17-11-9-16(10-12-17)13-22(8-3)15(4)5/h9-12,15H,6-8,13-14,20H2,1-5H3,(H,21,23). The van der Waals surface area contributed by atoms with Crippen LogP contribution in [-0.2, 0) is 6.54 Å². The fraction of sp³-hybridized carbons (Fsp3) is 0.632. The Kier molecular flexibility index (Phi) is 7.73. The van der Waals surface area contributed by atoms with Crippen molar-refractivity contribution in [3.8, 4) is 0 Å². The van der Waals surface area contributed by atoms with Crippen molar-refractivity contribution >= 4 is 5.91 Å². The molecule has 0 unspecified atom stereocenters. The van der Waals surface area contributed by atoms with E-state index in [0.29, 0.717) is 18.2 Å². The number of carbonyl (C=O) groups is 1. The Hall–Kier alpha value is -1.39. The van der Waals surface area contributed by atoms with E-state index in [1.54, 1.807) is 0 Å². The molecule has 0 aliphatic carbocycles. The van der Waals surface area contributed by atoms with Gasteiger partial charge in [-0.2, -0.15) is 0 Å². The maximum atomic E-state index is 12.5. The molecule has 0 bridgehead atoms. The van der Waals surface area contributed by atoms with Gasteiger partial charge in [-0.25, -0.2) is 0 Å². The third-order valence-electron chi connectivity index (χ3n) is 4.86.